The van der Waals surface area contributed by atoms with E-state index in [-0.39, 0.29) is 0 Å². The standard InChI is InChI=1S/C51H47N7/c1-5-13-45-40(9-1)41-10-2-6-14-46(41)57(45)50-52-49(53-51(54-50)58-47-15-7-3-11-42(47)43-12-4-8-16-48(43)58)34-27-38(55-35-19-18-31-23-37(55)25-32(31)24-35)29-39(28-34)56-36-22-30-17-20-44(56)33(21-30)26-36/h1-16,27-33,35-37,44H,17-26H2. The van der Waals surface area contributed by atoms with Crippen LogP contribution in [0.4, 0.5) is 11.4 Å². The maximum atomic E-state index is 5.57. The minimum Gasteiger partial charge on any atom is -0.365 e. The van der Waals surface area contributed by atoms with Gasteiger partial charge >= 0.3 is 0 Å². The highest BCUT2D eigenvalue weighted by Crippen LogP contribution is 2.55. The first-order chi connectivity index (χ1) is 28.7. The van der Waals surface area contributed by atoms with Gasteiger partial charge in [0.1, 0.15) is 0 Å². The van der Waals surface area contributed by atoms with Gasteiger partial charge < -0.3 is 9.80 Å². The molecule has 4 saturated carbocycles. The van der Waals surface area contributed by atoms with Crippen LogP contribution < -0.4 is 9.80 Å². The molecule has 8 unspecified atom stereocenters. The molecule has 8 atom stereocenters. The Bertz CT molecular complexity index is 2700. The summed E-state index contributed by atoms with van der Waals surface area (Å²) in [5.41, 5.74) is 8.28. The average molecular weight is 758 g/mol. The number of rotatable bonds is 5. The fraction of sp³-hybridized carbons (Fsp3) is 0.353. The molecule has 2 aliphatic heterocycles. The van der Waals surface area contributed by atoms with Crippen LogP contribution in [0.1, 0.15) is 64.2 Å². The van der Waals surface area contributed by atoms with Gasteiger partial charge in [0.25, 0.3) is 0 Å². The van der Waals surface area contributed by atoms with Crippen LogP contribution in [0.2, 0.25) is 0 Å². The molecule has 4 aliphatic carbocycles. The summed E-state index contributed by atoms with van der Waals surface area (Å²) in [5, 5.41) is 4.81. The van der Waals surface area contributed by atoms with E-state index in [1.54, 1.807) is 0 Å². The highest BCUT2D eigenvalue weighted by Gasteiger charge is 2.51. The molecule has 14 rings (SSSR count). The topological polar surface area (TPSA) is 55.0 Å². The van der Waals surface area contributed by atoms with Crippen LogP contribution in [0.25, 0.3) is 66.9 Å². The molecule has 6 bridgehead atoms. The second-order valence-corrected chi connectivity index (χ2v) is 18.8. The highest BCUT2D eigenvalue weighted by molar-refractivity contribution is 6.10. The van der Waals surface area contributed by atoms with Crippen LogP contribution in [-0.2, 0) is 0 Å². The van der Waals surface area contributed by atoms with Gasteiger partial charge in [0.2, 0.25) is 11.9 Å². The van der Waals surface area contributed by atoms with Crippen LogP contribution in [-0.4, -0.2) is 48.3 Å². The lowest BCUT2D eigenvalue weighted by molar-refractivity contribution is 0.222. The summed E-state index contributed by atoms with van der Waals surface area (Å²) in [7, 11) is 0. The smallest absolute Gasteiger partial charge is 0.240 e. The van der Waals surface area contributed by atoms with Crippen molar-refractivity contribution >= 4 is 55.0 Å². The van der Waals surface area contributed by atoms with Crippen molar-refractivity contribution in [1.29, 1.82) is 0 Å². The Balaban J connectivity index is 1.04. The van der Waals surface area contributed by atoms with Gasteiger partial charge in [-0.05, 0) is 130 Å². The van der Waals surface area contributed by atoms with Gasteiger partial charge in [-0.1, -0.05) is 72.8 Å². The van der Waals surface area contributed by atoms with E-state index in [0.29, 0.717) is 36.1 Å². The third kappa shape index (κ3) is 4.53. The first-order valence-electron chi connectivity index (χ1n) is 22.2. The number of hydrogen-bond donors (Lipinski definition) is 0. The minimum absolute atomic E-state index is 0.624. The van der Waals surface area contributed by atoms with Crippen molar-refractivity contribution in [2.45, 2.75) is 88.4 Å². The van der Waals surface area contributed by atoms with E-state index in [0.717, 1.165) is 57.1 Å². The van der Waals surface area contributed by atoms with Crippen LogP contribution >= 0.6 is 0 Å². The zero-order valence-electron chi connectivity index (χ0n) is 32.8. The Morgan fingerprint density at radius 2 is 0.931 bits per heavy atom. The number of fused-ring (bicyclic) bond motifs is 10. The van der Waals surface area contributed by atoms with Gasteiger partial charge in [-0.3, -0.25) is 9.13 Å². The largest absolute Gasteiger partial charge is 0.365 e. The van der Waals surface area contributed by atoms with E-state index in [1.807, 2.05) is 0 Å². The molecule has 2 saturated heterocycles. The van der Waals surface area contributed by atoms with Crippen molar-refractivity contribution in [3.63, 3.8) is 0 Å². The summed E-state index contributed by atoms with van der Waals surface area (Å²) in [6, 6.07) is 44.8. The van der Waals surface area contributed by atoms with Crippen LogP contribution in [0, 0.1) is 23.7 Å². The Morgan fingerprint density at radius 3 is 1.55 bits per heavy atom. The number of aromatic nitrogens is 5. The van der Waals surface area contributed by atoms with Gasteiger partial charge in [-0.15, -0.1) is 0 Å². The molecule has 7 heteroatoms. The van der Waals surface area contributed by atoms with E-state index in [2.05, 4.69) is 134 Å². The second-order valence-electron chi connectivity index (χ2n) is 18.8. The molecule has 0 N–H and O–H groups in total. The molecule has 0 amide bonds. The summed E-state index contributed by atoms with van der Waals surface area (Å²) in [6.45, 7) is 0. The van der Waals surface area contributed by atoms with Gasteiger partial charge in [0, 0.05) is 62.7 Å². The molecule has 6 aliphatic rings. The lowest BCUT2D eigenvalue weighted by atomic mass is 9.72. The van der Waals surface area contributed by atoms with E-state index in [4.69, 9.17) is 15.0 Å². The van der Waals surface area contributed by atoms with E-state index >= 15 is 0 Å². The molecule has 8 aromatic rings. The van der Waals surface area contributed by atoms with E-state index < -0.39 is 0 Å². The first-order valence-corrected chi connectivity index (χ1v) is 22.2. The van der Waals surface area contributed by atoms with Crippen molar-refractivity contribution in [1.82, 2.24) is 24.1 Å². The number of benzene rings is 5. The Hall–Kier alpha value is -5.69. The number of para-hydroxylation sites is 4. The zero-order valence-corrected chi connectivity index (χ0v) is 32.8. The van der Waals surface area contributed by atoms with Crippen molar-refractivity contribution in [3.8, 4) is 23.3 Å². The number of anilines is 2. The molecule has 5 heterocycles. The number of nitrogens with zero attached hydrogens (tertiary/aromatic N) is 7. The number of piperidine rings is 1. The molecule has 6 fully saturated rings. The van der Waals surface area contributed by atoms with Crippen LogP contribution in [0.15, 0.2) is 115 Å². The monoisotopic (exact) mass is 757 g/mol. The summed E-state index contributed by atoms with van der Waals surface area (Å²) in [5.74, 6) is 5.59. The average Bonchev–Trinajstić information content (AvgIpc) is 3.92. The van der Waals surface area contributed by atoms with Gasteiger partial charge in [-0.25, -0.2) is 0 Å². The molecule has 7 nitrogen and oxygen atoms in total. The fourth-order valence-corrected chi connectivity index (χ4v) is 13.8. The molecule has 0 radical (unpaired) electrons. The third-order valence-corrected chi connectivity index (χ3v) is 16.0. The zero-order chi connectivity index (χ0) is 37.6. The molecule has 58 heavy (non-hydrogen) atoms. The predicted octanol–water partition coefficient (Wildman–Crippen LogP) is 11.3. The predicted molar refractivity (Wildman–Crippen MR) is 234 cm³/mol. The van der Waals surface area contributed by atoms with E-state index in [9.17, 15) is 0 Å². The highest BCUT2D eigenvalue weighted by atomic mass is 15.3. The molecular weight excluding hydrogens is 711 g/mol. The third-order valence-electron chi connectivity index (χ3n) is 16.0. The molecular formula is C51H47N7. The van der Waals surface area contributed by atoms with Crippen molar-refractivity contribution in [2.24, 2.45) is 23.7 Å². The molecule has 5 aromatic carbocycles. The van der Waals surface area contributed by atoms with Crippen molar-refractivity contribution < 1.29 is 0 Å². The second kappa shape index (κ2) is 11.9. The fourth-order valence-electron chi connectivity index (χ4n) is 13.8. The molecule has 3 aromatic heterocycles. The van der Waals surface area contributed by atoms with E-state index in [1.165, 1.54) is 97.1 Å². The maximum Gasteiger partial charge on any atom is 0.240 e. The van der Waals surface area contributed by atoms with Crippen LogP contribution in [0.5, 0.6) is 0 Å². The molecule has 0 spiro atoms. The summed E-state index contributed by atoms with van der Waals surface area (Å²) >= 11 is 0. The van der Waals surface area contributed by atoms with Gasteiger partial charge in [-0.2, -0.15) is 15.0 Å². The summed E-state index contributed by atoms with van der Waals surface area (Å²) in [6.07, 6.45) is 13.6. The maximum absolute atomic E-state index is 5.57. The normalized spacial score (nSPS) is 28.3. The first kappa shape index (κ1) is 32.3. The summed E-state index contributed by atoms with van der Waals surface area (Å²) < 4.78 is 4.53. The Kier molecular flexibility index (Phi) is 6.64. The lowest BCUT2D eigenvalue weighted by Gasteiger charge is -2.45. The van der Waals surface area contributed by atoms with Gasteiger partial charge in [0.05, 0.1) is 22.1 Å². The quantitative estimate of drug-likeness (QED) is 0.175. The lowest BCUT2D eigenvalue weighted by Crippen LogP contribution is -2.47. The SMILES string of the molecule is c1ccc2c(c1)c1ccccc1n2-c1nc(-c2cc(N3C4CCC5CC3CC5C4)cc(N3C4CC5CCC3C(C5)C4)c2)nc(-n2c3ccccc3c3ccccc32)n1. The van der Waals surface area contributed by atoms with Crippen molar-refractivity contribution in [2.75, 3.05) is 9.80 Å². The van der Waals surface area contributed by atoms with Gasteiger partial charge in [0.15, 0.2) is 5.82 Å². The summed E-state index contributed by atoms with van der Waals surface area (Å²) in [4.78, 5) is 22.4. The Morgan fingerprint density at radius 1 is 0.414 bits per heavy atom. The molecule has 286 valence electrons. The minimum atomic E-state index is 0.624. The van der Waals surface area contributed by atoms with Crippen molar-refractivity contribution in [3.05, 3.63) is 115 Å². The van der Waals surface area contributed by atoms with Crippen LogP contribution in [0.3, 0.4) is 0 Å². The number of hydrogen-bond acceptors (Lipinski definition) is 5. The Labute approximate surface area is 338 Å².